The summed E-state index contributed by atoms with van der Waals surface area (Å²) >= 11 is 1.83. The van der Waals surface area contributed by atoms with Gasteiger partial charge in [0.1, 0.15) is 22.2 Å². The first-order valence-electron chi connectivity index (χ1n) is 8.01. The Morgan fingerprint density at radius 3 is 2.83 bits per heavy atom. The van der Waals surface area contributed by atoms with Crippen LogP contribution in [-0.2, 0) is 19.3 Å². The fourth-order valence-electron chi connectivity index (χ4n) is 3.22. The second-order valence-electron chi connectivity index (χ2n) is 6.00. The van der Waals surface area contributed by atoms with Crippen LogP contribution in [0.3, 0.4) is 0 Å². The highest BCUT2D eigenvalue weighted by Gasteiger charge is 2.21. The minimum atomic E-state index is 0.309. The molecule has 0 bridgehead atoms. The third-order valence-corrected chi connectivity index (χ3v) is 5.50. The maximum Gasteiger partial charge on any atom is 0.138 e. The number of phenolic OH excluding ortho intramolecular Hbond substituents is 1. The van der Waals surface area contributed by atoms with Gasteiger partial charge in [0.05, 0.1) is 5.39 Å². The number of nitrogens with zero attached hydrogens (tertiary/aromatic N) is 2. The van der Waals surface area contributed by atoms with Crippen LogP contribution >= 0.6 is 11.3 Å². The number of aromatic hydroxyl groups is 1. The van der Waals surface area contributed by atoms with Crippen LogP contribution in [0.4, 0.5) is 5.82 Å². The molecule has 0 spiro atoms. The van der Waals surface area contributed by atoms with E-state index in [4.69, 9.17) is 0 Å². The summed E-state index contributed by atoms with van der Waals surface area (Å²) in [6.45, 7) is 2.77. The lowest BCUT2D eigenvalue weighted by atomic mass is 10.1. The van der Waals surface area contributed by atoms with Crippen LogP contribution in [0.15, 0.2) is 24.3 Å². The van der Waals surface area contributed by atoms with Gasteiger partial charge in [0.2, 0.25) is 0 Å². The molecule has 2 heterocycles. The molecular formula is C18H19N3OS. The van der Waals surface area contributed by atoms with Crippen LogP contribution in [-0.4, -0.2) is 21.6 Å². The van der Waals surface area contributed by atoms with Crippen molar-refractivity contribution in [2.24, 2.45) is 0 Å². The SMILES string of the molecule is Cc1nc(NCCc2ccc(O)cc2)c2c3c(sc2n1)CCC3. The monoisotopic (exact) mass is 325 g/mol. The summed E-state index contributed by atoms with van der Waals surface area (Å²) < 4.78 is 0. The Bertz CT molecular complexity index is 855. The minimum Gasteiger partial charge on any atom is -0.508 e. The predicted molar refractivity (Wildman–Crippen MR) is 94.5 cm³/mol. The molecule has 4 rings (SSSR count). The highest BCUT2D eigenvalue weighted by molar-refractivity contribution is 7.19. The van der Waals surface area contributed by atoms with E-state index in [9.17, 15) is 5.11 Å². The molecular weight excluding hydrogens is 306 g/mol. The average Bonchev–Trinajstić information content (AvgIpc) is 3.09. The zero-order chi connectivity index (χ0) is 15.8. The smallest absolute Gasteiger partial charge is 0.138 e. The van der Waals surface area contributed by atoms with Crippen molar-refractivity contribution in [2.45, 2.75) is 32.6 Å². The van der Waals surface area contributed by atoms with Crippen molar-refractivity contribution >= 4 is 27.4 Å². The summed E-state index contributed by atoms with van der Waals surface area (Å²) in [5, 5.41) is 14.1. The second-order valence-corrected chi connectivity index (χ2v) is 7.08. The Morgan fingerprint density at radius 2 is 2.00 bits per heavy atom. The number of phenols is 1. The summed E-state index contributed by atoms with van der Waals surface area (Å²) in [6, 6.07) is 7.38. The molecule has 0 saturated carbocycles. The summed E-state index contributed by atoms with van der Waals surface area (Å²) in [7, 11) is 0. The lowest BCUT2D eigenvalue weighted by Crippen LogP contribution is -2.08. The summed E-state index contributed by atoms with van der Waals surface area (Å²) in [4.78, 5) is 11.9. The van der Waals surface area contributed by atoms with E-state index in [2.05, 4.69) is 15.3 Å². The Hall–Kier alpha value is -2.14. The van der Waals surface area contributed by atoms with Gasteiger partial charge in [0, 0.05) is 11.4 Å². The maximum atomic E-state index is 9.34. The second kappa shape index (κ2) is 5.81. The van der Waals surface area contributed by atoms with Crippen molar-refractivity contribution in [3.05, 3.63) is 46.1 Å². The topological polar surface area (TPSA) is 58.0 Å². The molecule has 0 saturated heterocycles. The number of aromatic nitrogens is 2. The van der Waals surface area contributed by atoms with Crippen molar-refractivity contribution < 1.29 is 5.11 Å². The van der Waals surface area contributed by atoms with Gasteiger partial charge < -0.3 is 10.4 Å². The highest BCUT2D eigenvalue weighted by Crippen LogP contribution is 2.39. The van der Waals surface area contributed by atoms with Gasteiger partial charge in [0.15, 0.2) is 0 Å². The van der Waals surface area contributed by atoms with E-state index in [-0.39, 0.29) is 0 Å². The minimum absolute atomic E-state index is 0.309. The van der Waals surface area contributed by atoms with E-state index in [1.807, 2.05) is 30.4 Å². The van der Waals surface area contributed by atoms with E-state index in [0.29, 0.717) is 5.75 Å². The van der Waals surface area contributed by atoms with E-state index < -0.39 is 0 Å². The van der Waals surface area contributed by atoms with Crippen molar-refractivity contribution in [2.75, 3.05) is 11.9 Å². The molecule has 1 aromatic carbocycles. The summed E-state index contributed by atoms with van der Waals surface area (Å²) in [5.41, 5.74) is 2.66. The number of fused-ring (bicyclic) bond motifs is 3. The Balaban J connectivity index is 1.57. The van der Waals surface area contributed by atoms with Crippen LogP contribution in [0.25, 0.3) is 10.2 Å². The van der Waals surface area contributed by atoms with Crippen LogP contribution in [0.2, 0.25) is 0 Å². The third-order valence-electron chi connectivity index (χ3n) is 4.32. The lowest BCUT2D eigenvalue weighted by molar-refractivity contribution is 0.475. The van der Waals surface area contributed by atoms with Gasteiger partial charge in [-0.2, -0.15) is 0 Å². The molecule has 2 N–H and O–H groups in total. The van der Waals surface area contributed by atoms with Crippen LogP contribution in [0.1, 0.15) is 28.2 Å². The molecule has 3 aromatic rings. The molecule has 0 atom stereocenters. The van der Waals surface area contributed by atoms with Crippen molar-refractivity contribution in [1.82, 2.24) is 9.97 Å². The predicted octanol–water partition coefficient (Wildman–Crippen LogP) is 3.85. The maximum absolute atomic E-state index is 9.34. The number of thiophene rings is 1. The summed E-state index contributed by atoms with van der Waals surface area (Å²) in [5.74, 6) is 2.11. The molecule has 23 heavy (non-hydrogen) atoms. The number of hydrogen-bond donors (Lipinski definition) is 2. The Labute approximate surface area is 139 Å². The number of anilines is 1. The molecule has 1 aliphatic rings. The van der Waals surface area contributed by atoms with Gasteiger partial charge >= 0.3 is 0 Å². The quantitative estimate of drug-likeness (QED) is 0.765. The fraction of sp³-hybridized carbons (Fsp3) is 0.333. The standard InChI is InChI=1S/C18H19N3OS/c1-11-20-17(19-10-9-12-5-7-13(22)8-6-12)16-14-3-2-4-15(14)23-18(16)21-11/h5-8,22H,2-4,9-10H2,1H3,(H,19,20,21). The first-order valence-corrected chi connectivity index (χ1v) is 8.83. The third kappa shape index (κ3) is 2.77. The number of aryl methyl sites for hydroxylation is 3. The zero-order valence-electron chi connectivity index (χ0n) is 13.1. The van der Waals surface area contributed by atoms with Gasteiger partial charge in [-0.15, -0.1) is 11.3 Å². The molecule has 0 aliphatic heterocycles. The van der Waals surface area contributed by atoms with Gasteiger partial charge in [-0.1, -0.05) is 12.1 Å². The van der Waals surface area contributed by atoms with Crippen LogP contribution in [0.5, 0.6) is 5.75 Å². The lowest BCUT2D eigenvalue weighted by Gasteiger charge is -2.09. The van der Waals surface area contributed by atoms with Crippen molar-refractivity contribution in [3.63, 3.8) is 0 Å². The normalized spacial score (nSPS) is 13.4. The highest BCUT2D eigenvalue weighted by atomic mass is 32.1. The van der Waals surface area contributed by atoms with Gasteiger partial charge in [-0.25, -0.2) is 9.97 Å². The first kappa shape index (κ1) is 14.5. The number of hydrogen-bond acceptors (Lipinski definition) is 5. The molecule has 0 fully saturated rings. The van der Waals surface area contributed by atoms with E-state index in [1.165, 1.54) is 34.2 Å². The Kier molecular flexibility index (Phi) is 3.65. The molecule has 118 valence electrons. The van der Waals surface area contributed by atoms with Crippen molar-refractivity contribution in [1.29, 1.82) is 0 Å². The number of benzene rings is 1. The van der Waals surface area contributed by atoms with E-state index in [1.54, 1.807) is 12.1 Å². The molecule has 0 amide bonds. The van der Waals surface area contributed by atoms with Gasteiger partial charge in [-0.05, 0) is 55.9 Å². The number of nitrogens with one attached hydrogen (secondary N) is 1. The molecule has 2 aromatic heterocycles. The van der Waals surface area contributed by atoms with E-state index >= 15 is 0 Å². The fourth-order valence-corrected chi connectivity index (χ4v) is 4.53. The van der Waals surface area contributed by atoms with E-state index in [0.717, 1.165) is 35.9 Å². The van der Waals surface area contributed by atoms with Gasteiger partial charge in [-0.3, -0.25) is 0 Å². The molecule has 0 unspecified atom stereocenters. The molecule has 0 radical (unpaired) electrons. The molecule has 1 aliphatic carbocycles. The van der Waals surface area contributed by atoms with Gasteiger partial charge in [0.25, 0.3) is 0 Å². The van der Waals surface area contributed by atoms with Crippen LogP contribution < -0.4 is 5.32 Å². The number of rotatable bonds is 4. The van der Waals surface area contributed by atoms with Crippen molar-refractivity contribution in [3.8, 4) is 5.75 Å². The molecule has 5 heteroatoms. The van der Waals surface area contributed by atoms with Crippen LogP contribution in [0, 0.1) is 6.92 Å². The average molecular weight is 325 g/mol. The summed E-state index contributed by atoms with van der Waals surface area (Å²) in [6.07, 6.45) is 4.48. The Morgan fingerprint density at radius 1 is 1.17 bits per heavy atom. The largest absolute Gasteiger partial charge is 0.508 e. The molecule has 4 nitrogen and oxygen atoms in total. The first-order chi connectivity index (χ1) is 11.2. The zero-order valence-corrected chi connectivity index (χ0v) is 13.9.